The van der Waals surface area contributed by atoms with Crippen LogP contribution in [0.3, 0.4) is 0 Å². The maximum Gasteiger partial charge on any atom is 0.238 e. The van der Waals surface area contributed by atoms with E-state index in [0.717, 1.165) is 21.4 Å². The van der Waals surface area contributed by atoms with Crippen molar-refractivity contribution in [3.8, 4) is 0 Å². The summed E-state index contributed by atoms with van der Waals surface area (Å²) < 4.78 is 0. The van der Waals surface area contributed by atoms with E-state index in [1.807, 2.05) is 60.9 Å². The molecule has 0 aromatic heterocycles. The maximum absolute atomic E-state index is 11.4. The van der Waals surface area contributed by atoms with Crippen molar-refractivity contribution >= 4 is 29.2 Å². The Hall–Kier alpha value is -2.98. The van der Waals surface area contributed by atoms with Crippen LogP contribution in [0, 0.1) is 0 Å². The van der Waals surface area contributed by atoms with Crippen LogP contribution in [0.1, 0.15) is 11.1 Å². The van der Waals surface area contributed by atoms with Crippen LogP contribution in [0.5, 0.6) is 0 Å². The van der Waals surface area contributed by atoms with Gasteiger partial charge in [0.05, 0.1) is 11.3 Å². The van der Waals surface area contributed by atoms with Crippen molar-refractivity contribution in [3.63, 3.8) is 0 Å². The molecular weight excluding hydrogens is 290 g/mol. The van der Waals surface area contributed by atoms with Gasteiger partial charge in [-0.1, -0.05) is 54.6 Å². The van der Waals surface area contributed by atoms with Gasteiger partial charge in [0.15, 0.2) is 0 Å². The second kappa shape index (κ2) is 6.85. The minimum atomic E-state index is 0.227. The fraction of sp³-hybridized carbons (Fsp3) is 0.0526. The van der Waals surface area contributed by atoms with Gasteiger partial charge in [0.2, 0.25) is 12.7 Å². The third-order valence-corrected chi connectivity index (χ3v) is 3.52. The van der Waals surface area contributed by atoms with E-state index in [9.17, 15) is 9.59 Å². The third-order valence-electron chi connectivity index (χ3n) is 3.52. The van der Waals surface area contributed by atoms with Crippen LogP contribution >= 0.6 is 0 Å². The molecule has 0 spiro atoms. The summed E-state index contributed by atoms with van der Waals surface area (Å²) in [4.78, 5) is 28.2. The highest BCUT2D eigenvalue weighted by molar-refractivity contribution is 5.98. The summed E-state index contributed by atoms with van der Waals surface area (Å²) >= 11 is 0. The number of fused-ring (bicyclic) bond motifs is 1. The molecule has 3 rings (SSSR count). The van der Waals surface area contributed by atoms with E-state index in [0.29, 0.717) is 12.1 Å². The summed E-state index contributed by atoms with van der Waals surface area (Å²) in [5, 5.41) is 2.89. The van der Waals surface area contributed by atoms with Gasteiger partial charge < -0.3 is 0 Å². The van der Waals surface area contributed by atoms with Crippen LogP contribution in [-0.4, -0.2) is 12.7 Å². The van der Waals surface area contributed by atoms with Crippen molar-refractivity contribution in [2.45, 2.75) is 6.61 Å². The lowest BCUT2D eigenvalue weighted by Gasteiger charge is -2.19. The standard InChI is InChI=1S/C19H14NO3/c21-12-18-10-16-8-4-5-9-17(16)11-19(18)20(14-22)23-13-15-6-2-1-3-7-15/h1-11,14H,13H2. The van der Waals surface area contributed by atoms with E-state index in [2.05, 4.69) is 0 Å². The van der Waals surface area contributed by atoms with E-state index in [4.69, 9.17) is 4.84 Å². The summed E-state index contributed by atoms with van der Waals surface area (Å²) in [6.45, 7) is 0.227. The summed E-state index contributed by atoms with van der Waals surface area (Å²) in [6, 6.07) is 20.5. The number of hydrogen-bond donors (Lipinski definition) is 0. The first-order valence-electron chi connectivity index (χ1n) is 7.14. The van der Waals surface area contributed by atoms with Crippen molar-refractivity contribution in [2.24, 2.45) is 0 Å². The molecule has 3 aromatic rings. The van der Waals surface area contributed by atoms with Gasteiger partial charge in [-0.15, -0.1) is 0 Å². The summed E-state index contributed by atoms with van der Waals surface area (Å²) in [5.74, 6) is 0. The highest BCUT2D eigenvalue weighted by atomic mass is 16.7. The highest BCUT2D eigenvalue weighted by Gasteiger charge is 2.13. The first-order chi connectivity index (χ1) is 11.3. The molecule has 3 aromatic carbocycles. The molecule has 0 aliphatic rings. The number of nitrogens with zero attached hydrogens (tertiary/aromatic N) is 1. The smallest absolute Gasteiger partial charge is 0.238 e. The molecule has 0 bridgehead atoms. The number of carbonyl (C=O) groups is 1. The monoisotopic (exact) mass is 304 g/mol. The minimum Gasteiger partial charge on any atom is -0.285 e. The maximum atomic E-state index is 11.4. The van der Waals surface area contributed by atoms with Gasteiger partial charge in [0.25, 0.3) is 0 Å². The lowest BCUT2D eigenvalue weighted by Crippen LogP contribution is -2.22. The van der Waals surface area contributed by atoms with Crippen molar-refractivity contribution < 1.29 is 14.4 Å². The molecule has 0 aliphatic heterocycles. The Balaban J connectivity index is 1.92. The Kier molecular flexibility index (Phi) is 4.45. The van der Waals surface area contributed by atoms with Gasteiger partial charge in [0, 0.05) is 0 Å². The highest BCUT2D eigenvalue weighted by Crippen LogP contribution is 2.26. The first-order valence-corrected chi connectivity index (χ1v) is 7.14. The molecule has 1 radical (unpaired) electrons. The fourth-order valence-electron chi connectivity index (χ4n) is 2.37. The Morgan fingerprint density at radius 1 is 0.957 bits per heavy atom. The molecule has 0 fully saturated rings. The molecule has 0 saturated carbocycles. The van der Waals surface area contributed by atoms with Crippen LogP contribution < -0.4 is 5.06 Å². The SMILES string of the molecule is O=[C]c1cc2ccccc2cc1N(C=O)OCc1ccccc1. The number of hydrogen-bond acceptors (Lipinski definition) is 3. The van der Waals surface area contributed by atoms with Gasteiger partial charge in [-0.25, -0.2) is 0 Å². The zero-order valence-corrected chi connectivity index (χ0v) is 12.3. The molecule has 0 aliphatic carbocycles. The van der Waals surface area contributed by atoms with Crippen LogP contribution in [0.4, 0.5) is 5.69 Å². The number of benzene rings is 3. The fourth-order valence-corrected chi connectivity index (χ4v) is 2.37. The Bertz CT molecular complexity index is 830. The third kappa shape index (κ3) is 3.27. The Morgan fingerprint density at radius 3 is 2.26 bits per heavy atom. The van der Waals surface area contributed by atoms with Gasteiger partial charge in [-0.2, -0.15) is 5.06 Å². The van der Waals surface area contributed by atoms with Crippen LogP contribution in [-0.2, 0) is 21.0 Å². The van der Waals surface area contributed by atoms with E-state index in [1.54, 1.807) is 12.1 Å². The first kappa shape index (κ1) is 14.9. The van der Waals surface area contributed by atoms with E-state index in [1.165, 1.54) is 0 Å². The normalized spacial score (nSPS) is 10.4. The predicted octanol–water partition coefficient (Wildman–Crippen LogP) is 3.39. The van der Waals surface area contributed by atoms with Crippen molar-refractivity contribution in [2.75, 3.05) is 5.06 Å². The number of anilines is 1. The molecule has 0 unspecified atom stereocenters. The largest absolute Gasteiger partial charge is 0.285 e. The molecule has 1 amide bonds. The summed E-state index contributed by atoms with van der Waals surface area (Å²) in [5.41, 5.74) is 1.59. The number of carbonyl (C=O) groups excluding carboxylic acids is 2. The zero-order valence-electron chi connectivity index (χ0n) is 12.3. The number of amides is 1. The van der Waals surface area contributed by atoms with Gasteiger partial charge in [0.1, 0.15) is 6.61 Å². The second-order valence-electron chi connectivity index (χ2n) is 5.01. The van der Waals surface area contributed by atoms with Gasteiger partial charge in [-0.05, 0) is 28.5 Å². The zero-order chi connectivity index (χ0) is 16.1. The molecule has 23 heavy (non-hydrogen) atoms. The summed E-state index contributed by atoms with van der Waals surface area (Å²) in [6.07, 6.45) is 2.42. The van der Waals surface area contributed by atoms with Crippen molar-refractivity contribution in [3.05, 3.63) is 77.9 Å². The number of hydroxylamine groups is 1. The molecular formula is C19H14NO3. The Labute approximate surface area is 133 Å². The molecule has 4 heteroatoms. The molecule has 113 valence electrons. The molecule has 4 nitrogen and oxygen atoms in total. The average molecular weight is 304 g/mol. The molecule has 0 N–H and O–H groups in total. The lowest BCUT2D eigenvalue weighted by molar-refractivity contribution is -0.114. The van der Waals surface area contributed by atoms with Crippen LogP contribution in [0.15, 0.2) is 66.7 Å². The van der Waals surface area contributed by atoms with E-state index >= 15 is 0 Å². The van der Waals surface area contributed by atoms with Crippen molar-refractivity contribution in [1.82, 2.24) is 0 Å². The second-order valence-corrected chi connectivity index (χ2v) is 5.01. The Morgan fingerprint density at radius 2 is 1.61 bits per heavy atom. The molecule has 0 atom stereocenters. The van der Waals surface area contributed by atoms with E-state index < -0.39 is 0 Å². The molecule has 0 heterocycles. The summed E-state index contributed by atoms with van der Waals surface area (Å²) in [7, 11) is 0. The molecule has 0 saturated heterocycles. The number of rotatable bonds is 6. The van der Waals surface area contributed by atoms with Crippen LogP contribution in [0.25, 0.3) is 10.8 Å². The lowest BCUT2D eigenvalue weighted by atomic mass is 10.1. The topological polar surface area (TPSA) is 46.6 Å². The predicted molar refractivity (Wildman–Crippen MR) is 88.5 cm³/mol. The van der Waals surface area contributed by atoms with Gasteiger partial charge in [-0.3, -0.25) is 14.4 Å². The van der Waals surface area contributed by atoms with E-state index in [-0.39, 0.29) is 12.2 Å². The van der Waals surface area contributed by atoms with Crippen LogP contribution in [0.2, 0.25) is 0 Å². The minimum absolute atomic E-state index is 0.227. The van der Waals surface area contributed by atoms with Crippen molar-refractivity contribution in [1.29, 1.82) is 0 Å². The van der Waals surface area contributed by atoms with Gasteiger partial charge >= 0.3 is 0 Å². The average Bonchev–Trinajstić information content (AvgIpc) is 2.62. The quantitative estimate of drug-likeness (QED) is 0.518.